The standard InChI is InChI=1S/C11H12.C2H6/c1-11-9-7-5-3-2-4-6-8-10-11;1-2/h2-10H,1H3;1-2H3. The van der Waals surface area contributed by atoms with Crippen molar-refractivity contribution in [2.75, 3.05) is 0 Å². The maximum absolute atomic E-state index is 2.08. The molecule has 1 rings (SSSR count). The van der Waals surface area contributed by atoms with Gasteiger partial charge in [-0.05, 0) is 6.92 Å². The van der Waals surface area contributed by atoms with Crippen molar-refractivity contribution < 1.29 is 0 Å². The van der Waals surface area contributed by atoms with Crippen LogP contribution in [0.2, 0.25) is 0 Å². The molecule has 0 aliphatic carbocycles. The predicted octanol–water partition coefficient (Wildman–Crippen LogP) is 4.15. The van der Waals surface area contributed by atoms with Gasteiger partial charge in [-0.15, -0.1) is 0 Å². The molecule has 0 radical (unpaired) electrons. The van der Waals surface area contributed by atoms with Crippen molar-refractivity contribution in [3.63, 3.8) is 0 Å². The van der Waals surface area contributed by atoms with Crippen molar-refractivity contribution in [2.24, 2.45) is 0 Å². The molecule has 0 fully saturated rings. The molecule has 0 bridgehead atoms. The van der Waals surface area contributed by atoms with Crippen LogP contribution in [0.4, 0.5) is 0 Å². The Labute approximate surface area is 81.6 Å². The van der Waals surface area contributed by atoms with Gasteiger partial charge in [-0.25, -0.2) is 0 Å². The monoisotopic (exact) mass is 174 g/mol. The van der Waals surface area contributed by atoms with Gasteiger partial charge < -0.3 is 0 Å². The highest BCUT2D eigenvalue weighted by Crippen LogP contribution is 1.89. The van der Waals surface area contributed by atoms with Gasteiger partial charge in [-0.3, -0.25) is 0 Å². The van der Waals surface area contributed by atoms with Crippen molar-refractivity contribution >= 4 is 0 Å². The van der Waals surface area contributed by atoms with Crippen molar-refractivity contribution in [3.8, 4) is 0 Å². The molecule has 0 atom stereocenters. The summed E-state index contributed by atoms with van der Waals surface area (Å²) in [5.41, 5.74) is 1.27. The fraction of sp³-hybridized carbons (Fsp3) is 0.231. The van der Waals surface area contributed by atoms with E-state index in [-0.39, 0.29) is 0 Å². The molecule has 70 valence electrons. The highest BCUT2D eigenvalue weighted by atomic mass is 13.8. The van der Waals surface area contributed by atoms with Gasteiger partial charge in [0.2, 0.25) is 0 Å². The maximum Gasteiger partial charge on any atom is -0.0398 e. The molecule has 13 heavy (non-hydrogen) atoms. The third-order valence-electron chi connectivity index (χ3n) is 1.38. The fourth-order valence-corrected chi connectivity index (χ4v) is 0.791. The first-order valence-electron chi connectivity index (χ1n) is 4.74. The first kappa shape index (κ1) is 11.7. The number of hydrogen-bond acceptors (Lipinski definition) is 0. The Balaban J connectivity index is 0.000000671. The summed E-state index contributed by atoms with van der Waals surface area (Å²) in [6.07, 6.45) is 0. The van der Waals surface area contributed by atoms with E-state index in [0.29, 0.717) is 0 Å². The zero-order valence-corrected chi connectivity index (χ0v) is 8.70. The minimum atomic E-state index is 1.27. The molecule has 0 aliphatic heterocycles. The molecular formula is C13H18. The number of rotatable bonds is 0. The minimum absolute atomic E-state index is 1.27. The van der Waals surface area contributed by atoms with Crippen LogP contribution in [0.25, 0.3) is 0 Å². The van der Waals surface area contributed by atoms with Gasteiger partial charge in [0.1, 0.15) is 0 Å². The van der Waals surface area contributed by atoms with Crippen LogP contribution in [-0.4, -0.2) is 0 Å². The molecule has 0 spiro atoms. The lowest BCUT2D eigenvalue weighted by atomic mass is 10.3. The van der Waals surface area contributed by atoms with Crippen LogP contribution >= 0.6 is 0 Å². The van der Waals surface area contributed by atoms with Crippen molar-refractivity contribution in [3.05, 3.63) is 60.2 Å². The summed E-state index contributed by atoms with van der Waals surface area (Å²) in [7, 11) is 0. The highest BCUT2D eigenvalue weighted by Gasteiger charge is 1.69. The van der Waals surface area contributed by atoms with E-state index in [1.165, 1.54) is 5.56 Å². The Hall–Kier alpha value is -1.30. The number of hydrogen-bond donors (Lipinski definition) is 0. The summed E-state index contributed by atoms with van der Waals surface area (Å²) in [6.45, 7) is 6.08. The average molecular weight is 174 g/mol. The Kier molecular flexibility index (Phi) is 7.91. The topological polar surface area (TPSA) is 0 Å². The molecule has 0 aliphatic rings. The van der Waals surface area contributed by atoms with E-state index in [1.54, 1.807) is 0 Å². The Bertz CT molecular complexity index is 237. The molecule has 0 heterocycles. The molecule has 0 unspecified atom stereocenters. The van der Waals surface area contributed by atoms with Gasteiger partial charge in [-0.1, -0.05) is 74.0 Å². The van der Waals surface area contributed by atoms with Gasteiger partial charge in [-0.2, -0.15) is 0 Å². The van der Waals surface area contributed by atoms with Crippen LogP contribution < -0.4 is 0 Å². The number of aryl methyl sites for hydroxylation is 1. The molecule has 1 aromatic rings. The fourth-order valence-electron chi connectivity index (χ4n) is 0.791. The van der Waals surface area contributed by atoms with E-state index in [0.717, 1.165) is 0 Å². The second-order valence-corrected chi connectivity index (χ2v) is 2.42. The van der Waals surface area contributed by atoms with Crippen LogP contribution in [0.1, 0.15) is 19.4 Å². The van der Waals surface area contributed by atoms with Gasteiger partial charge in [0.15, 0.2) is 0 Å². The molecule has 0 N–H and O–H groups in total. The summed E-state index contributed by atoms with van der Waals surface area (Å²) in [4.78, 5) is 0. The van der Waals surface area contributed by atoms with Crippen molar-refractivity contribution in [1.29, 1.82) is 0 Å². The lowest BCUT2D eigenvalue weighted by Crippen LogP contribution is -1.60. The summed E-state index contributed by atoms with van der Waals surface area (Å²) in [5, 5.41) is 0. The predicted molar refractivity (Wildman–Crippen MR) is 60.2 cm³/mol. The maximum atomic E-state index is 2.08. The largest absolute Gasteiger partial charge is 0.0683 e. The van der Waals surface area contributed by atoms with Crippen LogP contribution in [0.5, 0.6) is 0 Å². The van der Waals surface area contributed by atoms with Gasteiger partial charge in [0.25, 0.3) is 0 Å². The minimum Gasteiger partial charge on any atom is -0.0683 e. The van der Waals surface area contributed by atoms with Gasteiger partial charge >= 0.3 is 0 Å². The Morgan fingerprint density at radius 1 is 0.615 bits per heavy atom. The van der Waals surface area contributed by atoms with Crippen molar-refractivity contribution in [2.45, 2.75) is 20.8 Å². The quantitative estimate of drug-likeness (QED) is 0.554. The summed E-state index contributed by atoms with van der Waals surface area (Å²) < 4.78 is 0. The van der Waals surface area contributed by atoms with E-state index in [2.05, 4.69) is 19.1 Å². The third kappa shape index (κ3) is 7.07. The smallest absolute Gasteiger partial charge is 0.0398 e. The molecule has 0 amide bonds. The second kappa shape index (κ2) is 8.79. The molecule has 0 heteroatoms. The first-order valence-corrected chi connectivity index (χ1v) is 4.74. The summed E-state index contributed by atoms with van der Waals surface area (Å²) in [5.74, 6) is 0. The lowest BCUT2D eigenvalue weighted by molar-refractivity contribution is 1.50. The second-order valence-electron chi connectivity index (χ2n) is 2.42. The molecule has 0 aromatic heterocycles. The van der Waals surface area contributed by atoms with E-state index in [4.69, 9.17) is 0 Å². The molecule has 0 nitrogen and oxygen atoms in total. The lowest BCUT2D eigenvalue weighted by Gasteiger charge is -1.80. The first-order chi connectivity index (χ1) is 6.39. The highest BCUT2D eigenvalue weighted by molar-refractivity contribution is 5.09. The van der Waals surface area contributed by atoms with Crippen LogP contribution in [-0.2, 0) is 0 Å². The van der Waals surface area contributed by atoms with E-state index in [1.807, 2.05) is 56.3 Å². The van der Waals surface area contributed by atoms with E-state index >= 15 is 0 Å². The van der Waals surface area contributed by atoms with Gasteiger partial charge in [0, 0.05) is 0 Å². The molecule has 0 saturated heterocycles. The normalized spacial score (nSPS) is 7.62. The molecule has 0 saturated carbocycles. The summed E-state index contributed by atoms with van der Waals surface area (Å²) >= 11 is 0. The zero-order valence-electron chi connectivity index (χ0n) is 8.70. The van der Waals surface area contributed by atoms with Gasteiger partial charge in [0.05, 0.1) is 0 Å². The average Bonchev–Trinajstić information content (AvgIpc) is 2.19. The summed E-state index contributed by atoms with van der Waals surface area (Å²) in [6, 6.07) is 18.3. The van der Waals surface area contributed by atoms with E-state index in [9.17, 15) is 0 Å². The third-order valence-corrected chi connectivity index (χ3v) is 1.38. The Morgan fingerprint density at radius 2 is 0.923 bits per heavy atom. The van der Waals surface area contributed by atoms with E-state index < -0.39 is 0 Å². The Morgan fingerprint density at radius 3 is 1.31 bits per heavy atom. The van der Waals surface area contributed by atoms with Crippen LogP contribution in [0.15, 0.2) is 54.6 Å². The van der Waals surface area contributed by atoms with Crippen LogP contribution in [0, 0.1) is 6.92 Å². The molecular weight excluding hydrogens is 156 g/mol. The molecule has 1 aromatic carbocycles. The zero-order chi connectivity index (χ0) is 9.94. The SMILES string of the molecule is CC.Cc1ccccccccc1. The van der Waals surface area contributed by atoms with Crippen molar-refractivity contribution in [1.82, 2.24) is 0 Å². The van der Waals surface area contributed by atoms with Crippen LogP contribution in [0.3, 0.4) is 0 Å².